The normalized spacial score (nSPS) is 16.7. The summed E-state index contributed by atoms with van der Waals surface area (Å²) in [5, 5.41) is 11.8. The molecule has 7 nitrogen and oxygen atoms in total. The molecule has 3 aromatic carbocycles. The predicted octanol–water partition coefficient (Wildman–Crippen LogP) is 5.35. The number of para-hydroxylation sites is 1. The molecule has 3 aromatic rings. The molecule has 8 heteroatoms. The number of methoxy groups -OCH3 is 2. The molecule has 0 aromatic heterocycles. The van der Waals surface area contributed by atoms with Crippen LogP contribution in [0.3, 0.4) is 0 Å². The Morgan fingerprint density at radius 1 is 1.03 bits per heavy atom. The van der Waals surface area contributed by atoms with Crippen LogP contribution in [0.1, 0.15) is 28.3 Å². The molecule has 0 saturated carbocycles. The van der Waals surface area contributed by atoms with Gasteiger partial charge in [-0.2, -0.15) is 0 Å². The summed E-state index contributed by atoms with van der Waals surface area (Å²) in [6.07, 6.45) is 0. The SMILES string of the molecule is COc1ccccc1CN1C(=O)C(=O)/C(=C(/O)c2cc(C)cc(Cl)c2OC)C1c1ccc(N(C)C)cc1. The first-order chi connectivity index (χ1) is 17.7. The highest BCUT2D eigenvalue weighted by Gasteiger charge is 2.46. The number of benzene rings is 3. The summed E-state index contributed by atoms with van der Waals surface area (Å²) >= 11 is 6.38. The standard InChI is InChI=1S/C29H29ClN2O5/c1-17-14-21(28(37-5)22(30)15-17)26(33)24-25(18-10-12-20(13-11-18)31(2)3)32(29(35)27(24)34)16-19-8-6-7-9-23(19)36-4/h6-15,25,33H,16H2,1-5H3/b26-24+. The van der Waals surface area contributed by atoms with Crippen LogP contribution in [0, 0.1) is 6.92 Å². The van der Waals surface area contributed by atoms with Gasteiger partial charge in [0, 0.05) is 25.3 Å². The quantitative estimate of drug-likeness (QED) is 0.257. The van der Waals surface area contributed by atoms with Crippen molar-refractivity contribution in [3.8, 4) is 11.5 Å². The number of Topliss-reactive ketones (excluding diaryl/α,β-unsaturated/α-hetero) is 1. The van der Waals surface area contributed by atoms with Crippen molar-refractivity contribution in [2.24, 2.45) is 0 Å². The number of carbonyl (C=O) groups is 2. The molecule has 1 fully saturated rings. The number of aliphatic hydroxyl groups excluding tert-OH is 1. The van der Waals surface area contributed by atoms with E-state index in [-0.39, 0.29) is 29.2 Å². The van der Waals surface area contributed by atoms with E-state index in [1.165, 1.54) is 12.0 Å². The number of rotatable bonds is 7. The van der Waals surface area contributed by atoms with Crippen molar-refractivity contribution in [3.05, 3.63) is 93.5 Å². The number of amides is 1. The molecular weight excluding hydrogens is 492 g/mol. The van der Waals surface area contributed by atoms with Gasteiger partial charge in [-0.3, -0.25) is 9.59 Å². The molecule has 1 aliphatic rings. The minimum absolute atomic E-state index is 0.0301. The number of aliphatic hydroxyl groups is 1. The van der Waals surface area contributed by atoms with E-state index in [0.29, 0.717) is 16.3 Å². The maximum atomic E-state index is 13.5. The van der Waals surface area contributed by atoms with E-state index in [4.69, 9.17) is 21.1 Å². The Morgan fingerprint density at radius 2 is 1.70 bits per heavy atom. The van der Waals surface area contributed by atoms with Gasteiger partial charge in [0.1, 0.15) is 17.3 Å². The molecule has 1 atom stereocenters. The fraction of sp³-hybridized carbons (Fsp3) is 0.241. The average molecular weight is 521 g/mol. The first-order valence-electron chi connectivity index (χ1n) is 11.7. The molecule has 0 radical (unpaired) electrons. The molecule has 1 unspecified atom stereocenters. The number of ketones is 1. The lowest BCUT2D eigenvalue weighted by Gasteiger charge is -2.26. The van der Waals surface area contributed by atoms with Crippen LogP contribution >= 0.6 is 11.6 Å². The van der Waals surface area contributed by atoms with Crippen molar-refractivity contribution in [1.29, 1.82) is 0 Å². The van der Waals surface area contributed by atoms with Crippen molar-refractivity contribution in [2.75, 3.05) is 33.2 Å². The zero-order valence-corrected chi connectivity index (χ0v) is 22.2. The highest BCUT2D eigenvalue weighted by atomic mass is 35.5. The Hall–Kier alpha value is -3.97. The summed E-state index contributed by atoms with van der Waals surface area (Å²) in [6, 6.07) is 17.4. The van der Waals surface area contributed by atoms with Gasteiger partial charge < -0.3 is 24.4 Å². The number of likely N-dealkylation sites (tertiary alicyclic amines) is 1. The number of aryl methyl sites for hydroxylation is 1. The van der Waals surface area contributed by atoms with E-state index < -0.39 is 17.7 Å². The third-order valence-electron chi connectivity index (χ3n) is 6.45. The van der Waals surface area contributed by atoms with Crippen molar-refractivity contribution < 1.29 is 24.2 Å². The Kier molecular flexibility index (Phi) is 7.45. The van der Waals surface area contributed by atoms with Crippen LogP contribution < -0.4 is 14.4 Å². The molecule has 1 heterocycles. The smallest absolute Gasteiger partial charge is 0.295 e. The van der Waals surface area contributed by atoms with Crippen LogP contribution in [0.15, 0.2) is 66.2 Å². The Labute approximate surface area is 221 Å². The molecule has 0 bridgehead atoms. The lowest BCUT2D eigenvalue weighted by molar-refractivity contribution is -0.140. The van der Waals surface area contributed by atoms with E-state index in [2.05, 4.69) is 0 Å². The zero-order valence-electron chi connectivity index (χ0n) is 21.4. The topological polar surface area (TPSA) is 79.3 Å². The summed E-state index contributed by atoms with van der Waals surface area (Å²) in [5.74, 6) is -1.02. The number of hydrogen-bond donors (Lipinski definition) is 1. The molecule has 4 rings (SSSR count). The first kappa shape index (κ1) is 26.1. The maximum absolute atomic E-state index is 13.5. The second-order valence-electron chi connectivity index (χ2n) is 9.05. The lowest BCUT2D eigenvalue weighted by Crippen LogP contribution is -2.29. The molecule has 1 aliphatic heterocycles. The number of hydrogen-bond acceptors (Lipinski definition) is 6. The van der Waals surface area contributed by atoms with E-state index in [1.807, 2.05) is 68.4 Å². The third-order valence-corrected chi connectivity index (χ3v) is 6.73. The summed E-state index contributed by atoms with van der Waals surface area (Å²) in [5.41, 5.74) is 3.35. The van der Waals surface area contributed by atoms with Gasteiger partial charge in [0.25, 0.3) is 11.7 Å². The van der Waals surface area contributed by atoms with Crippen LogP contribution in [0.5, 0.6) is 11.5 Å². The minimum atomic E-state index is -0.842. The van der Waals surface area contributed by atoms with Crippen LogP contribution in [-0.2, 0) is 16.1 Å². The molecular formula is C29H29ClN2O5. The molecule has 1 amide bonds. The van der Waals surface area contributed by atoms with E-state index in [9.17, 15) is 14.7 Å². The minimum Gasteiger partial charge on any atom is -0.507 e. The molecule has 1 N–H and O–H groups in total. The van der Waals surface area contributed by atoms with Crippen LogP contribution in [0.4, 0.5) is 5.69 Å². The van der Waals surface area contributed by atoms with Crippen molar-refractivity contribution in [2.45, 2.75) is 19.5 Å². The zero-order chi connectivity index (χ0) is 26.9. The molecule has 37 heavy (non-hydrogen) atoms. The van der Waals surface area contributed by atoms with E-state index >= 15 is 0 Å². The monoisotopic (exact) mass is 520 g/mol. The van der Waals surface area contributed by atoms with Gasteiger partial charge >= 0.3 is 0 Å². The summed E-state index contributed by atoms with van der Waals surface area (Å²) < 4.78 is 10.9. The van der Waals surface area contributed by atoms with Gasteiger partial charge in [-0.05, 0) is 48.4 Å². The largest absolute Gasteiger partial charge is 0.507 e. The first-order valence-corrected chi connectivity index (χ1v) is 12.1. The van der Waals surface area contributed by atoms with Gasteiger partial charge in [0.05, 0.1) is 43.0 Å². The summed E-state index contributed by atoms with van der Waals surface area (Å²) in [6.45, 7) is 1.93. The highest BCUT2D eigenvalue weighted by Crippen LogP contribution is 2.44. The van der Waals surface area contributed by atoms with Gasteiger partial charge in [0.2, 0.25) is 0 Å². The molecule has 0 spiro atoms. The highest BCUT2D eigenvalue weighted by molar-refractivity contribution is 6.46. The number of nitrogens with zero attached hydrogens (tertiary/aromatic N) is 2. The predicted molar refractivity (Wildman–Crippen MR) is 144 cm³/mol. The van der Waals surface area contributed by atoms with Crippen molar-refractivity contribution >= 4 is 34.7 Å². The van der Waals surface area contributed by atoms with Gasteiger partial charge in [-0.25, -0.2) is 0 Å². The number of anilines is 1. The summed E-state index contributed by atoms with van der Waals surface area (Å²) in [7, 11) is 6.84. The number of carbonyl (C=O) groups excluding carboxylic acids is 2. The second-order valence-corrected chi connectivity index (χ2v) is 9.46. The fourth-order valence-electron chi connectivity index (χ4n) is 4.62. The maximum Gasteiger partial charge on any atom is 0.295 e. The van der Waals surface area contributed by atoms with Crippen LogP contribution in [-0.4, -0.2) is 50.0 Å². The third kappa shape index (κ3) is 4.87. The Balaban J connectivity index is 1.93. The number of halogens is 1. The molecule has 1 saturated heterocycles. The Bertz CT molecular complexity index is 1380. The van der Waals surface area contributed by atoms with Gasteiger partial charge in [-0.15, -0.1) is 0 Å². The average Bonchev–Trinajstić information content (AvgIpc) is 3.13. The summed E-state index contributed by atoms with van der Waals surface area (Å²) in [4.78, 5) is 30.3. The van der Waals surface area contributed by atoms with Crippen LogP contribution in [0.25, 0.3) is 5.76 Å². The lowest BCUT2D eigenvalue weighted by atomic mass is 9.94. The van der Waals surface area contributed by atoms with E-state index in [0.717, 1.165) is 16.8 Å². The number of ether oxygens (including phenoxy) is 2. The fourth-order valence-corrected chi connectivity index (χ4v) is 4.97. The second kappa shape index (κ2) is 10.6. The van der Waals surface area contributed by atoms with Gasteiger partial charge in [-0.1, -0.05) is 41.9 Å². The van der Waals surface area contributed by atoms with Crippen molar-refractivity contribution in [3.63, 3.8) is 0 Å². The molecule has 192 valence electrons. The van der Waals surface area contributed by atoms with Crippen LogP contribution in [0.2, 0.25) is 5.02 Å². The van der Waals surface area contributed by atoms with Crippen molar-refractivity contribution in [1.82, 2.24) is 4.90 Å². The van der Waals surface area contributed by atoms with Gasteiger partial charge in [0.15, 0.2) is 0 Å². The Morgan fingerprint density at radius 3 is 2.32 bits per heavy atom. The van der Waals surface area contributed by atoms with E-state index in [1.54, 1.807) is 25.3 Å². The molecule has 0 aliphatic carbocycles.